The van der Waals surface area contributed by atoms with Crippen LogP contribution in [0, 0.1) is 13.8 Å². The number of hydrogen-bond acceptors (Lipinski definition) is 6. The standard InChI is InChI=1S/C17H17ClN4OS2/c1-9-10(2)25-17-15(9)16(20-7-13(19)23)21-14(22-17)8-24-12-5-3-11(18)4-6-12/h3-6H,7-8H2,1-2H3,(H2,19,23)(H,20,21,22). The van der Waals surface area contributed by atoms with E-state index in [1.165, 1.54) is 4.88 Å². The van der Waals surface area contributed by atoms with Crippen LogP contribution in [-0.2, 0) is 10.5 Å². The summed E-state index contributed by atoms with van der Waals surface area (Å²) in [6.07, 6.45) is 0. The number of carbonyl (C=O) groups is 1. The van der Waals surface area contributed by atoms with Crippen molar-refractivity contribution in [1.82, 2.24) is 9.97 Å². The highest BCUT2D eigenvalue weighted by atomic mass is 35.5. The molecule has 3 aromatic rings. The van der Waals surface area contributed by atoms with E-state index in [9.17, 15) is 4.79 Å². The summed E-state index contributed by atoms with van der Waals surface area (Å²) in [4.78, 5) is 23.6. The van der Waals surface area contributed by atoms with Crippen molar-refractivity contribution in [3.05, 3.63) is 45.6 Å². The number of amides is 1. The molecule has 0 fully saturated rings. The molecule has 0 radical (unpaired) electrons. The predicted molar refractivity (Wildman–Crippen MR) is 106 cm³/mol. The third kappa shape index (κ3) is 4.23. The van der Waals surface area contributed by atoms with E-state index < -0.39 is 5.91 Å². The van der Waals surface area contributed by atoms with Gasteiger partial charge in [0, 0.05) is 14.8 Å². The van der Waals surface area contributed by atoms with Crippen molar-refractivity contribution >= 4 is 56.6 Å². The number of aryl methyl sites for hydroxylation is 2. The monoisotopic (exact) mass is 392 g/mol. The molecule has 0 aliphatic carbocycles. The summed E-state index contributed by atoms with van der Waals surface area (Å²) in [6.45, 7) is 4.14. The lowest BCUT2D eigenvalue weighted by molar-refractivity contribution is -0.116. The van der Waals surface area contributed by atoms with Crippen LogP contribution in [0.3, 0.4) is 0 Å². The predicted octanol–water partition coefficient (Wildman–Crippen LogP) is 4.15. The van der Waals surface area contributed by atoms with Gasteiger partial charge >= 0.3 is 0 Å². The second-order valence-corrected chi connectivity index (χ2v) is 8.20. The number of halogens is 1. The van der Waals surface area contributed by atoms with Gasteiger partial charge in [-0.05, 0) is 43.7 Å². The number of nitrogens with two attached hydrogens (primary N) is 1. The van der Waals surface area contributed by atoms with Crippen LogP contribution in [0.1, 0.15) is 16.3 Å². The highest BCUT2D eigenvalue weighted by molar-refractivity contribution is 7.98. The van der Waals surface area contributed by atoms with E-state index in [1.807, 2.05) is 31.2 Å². The van der Waals surface area contributed by atoms with Crippen molar-refractivity contribution < 1.29 is 4.79 Å². The van der Waals surface area contributed by atoms with Crippen molar-refractivity contribution in [3.63, 3.8) is 0 Å². The number of fused-ring (bicyclic) bond motifs is 1. The Morgan fingerprint density at radius 1 is 1.28 bits per heavy atom. The van der Waals surface area contributed by atoms with Crippen molar-refractivity contribution in [2.75, 3.05) is 11.9 Å². The lowest BCUT2D eigenvalue weighted by Crippen LogP contribution is -2.22. The van der Waals surface area contributed by atoms with Gasteiger partial charge in [0.15, 0.2) is 0 Å². The van der Waals surface area contributed by atoms with E-state index in [1.54, 1.807) is 23.1 Å². The smallest absolute Gasteiger partial charge is 0.236 e. The normalized spacial score (nSPS) is 11.0. The fourth-order valence-corrected chi connectivity index (χ4v) is 4.26. The highest BCUT2D eigenvalue weighted by Crippen LogP contribution is 2.34. The van der Waals surface area contributed by atoms with Crippen LogP contribution in [0.5, 0.6) is 0 Å². The van der Waals surface area contributed by atoms with Crippen LogP contribution >= 0.6 is 34.7 Å². The lowest BCUT2D eigenvalue weighted by atomic mass is 10.2. The highest BCUT2D eigenvalue weighted by Gasteiger charge is 2.15. The zero-order valence-electron chi connectivity index (χ0n) is 13.8. The van der Waals surface area contributed by atoms with E-state index in [4.69, 9.17) is 17.3 Å². The molecule has 2 heterocycles. The molecule has 0 saturated heterocycles. The Morgan fingerprint density at radius 3 is 2.68 bits per heavy atom. The molecule has 5 nitrogen and oxygen atoms in total. The summed E-state index contributed by atoms with van der Waals surface area (Å²) in [7, 11) is 0. The van der Waals surface area contributed by atoms with Crippen LogP contribution in [0.15, 0.2) is 29.2 Å². The average Bonchev–Trinajstić information content (AvgIpc) is 2.86. The first-order valence-electron chi connectivity index (χ1n) is 7.61. The van der Waals surface area contributed by atoms with E-state index >= 15 is 0 Å². The Bertz CT molecular complexity index is 925. The maximum Gasteiger partial charge on any atom is 0.236 e. The van der Waals surface area contributed by atoms with Crippen LogP contribution in [0.2, 0.25) is 5.02 Å². The molecule has 3 rings (SSSR count). The molecule has 0 atom stereocenters. The van der Waals surface area contributed by atoms with Crippen molar-refractivity contribution in [3.8, 4) is 0 Å². The zero-order chi connectivity index (χ0) is 18.0. The van der Waals surface area contributed by atoms with Crippen molar-refractivity contribution in [1.29, 1.82) is 0 Å². The first kappa shape index (κ1) is 18.0. The molecule has 0 spiro atoms. The van der Waals surface area contributed by atoms with Crippen LogP contribution in [-0.4, -0.2) is 22.4 Å². The topological polar surface area (TPSA) is 80.9 Å². The molecular weight excluding hydrogens is 376 g/mol. The molecule has 3 N–H and O–H groups in total. The molecular formula is C17H17ClN4OS2. The molecule has 0 unspecified atom stereocenters. The van der Waals surface area contributed by atoms with Gasteiger partial charge in [0.1, 0.15) is 16.5 Å². The Labute approximate surface area is 159 Å². The number of primary amides is 1. The van der Waals surface area contributed by atoms with Crippen LogP contribution in [0.25, 0.3) is 10.2 Å². The molecule has 0 bridgehead atoms. The average molecular weight is 393 g/mol. The first-order chi connectivity index (χ1) is 11.9. The van der Waals surface area contributed by atoms with E-state index in [-0.39, 0.29) is 6.54 Å². The maximum atomic E-state index is 11.1. The number of nitrogens with zero attached hydrogens (tertiary/aromatic N) is 2. The number of benzene rings is 1. The molecule has 0 aliphatic heterocycles. The third-order valence-corrected chi connectivity index (χ3v) is 6.05. The van der Waals surface area contributed by atoms with Gasteiger partial charge in [0.05, 0.1) is 17.7 Å². The fourth-order valence-electron chi connectivity index (χ4n) is 2.34. The Kier molecular flexibility index (Phi) is 5.46. The summed E-state index contributed by atoms with van der Waals surface area (Å²) in [5.74, 6) is 1.57. The molecule has 0 aliphatic rings. The van der Waals surface area contributed by atoms with E-state index in [0.29, 0.717) is 22.4 Å². The minimum absolute atomic E-state index is 0.0458. The molecule has 25 heavy (non-hydrogen) atoms. The lowest BCUT2D eigenvalue weighted by Gasteiger charge is -2.08. The molecule has 2 aromatic heterocycles. The van der Waals surface area contributed by atoms with Crippen LogP contribution < -0.4 is 11.1 Å². The van der Waals surface area contributed by atoms with Gasteiger partial charge in [-0.15, -0.1) is 23.1 Å². The number of carbonyl (C=O) groups excluding carboxylic acids is 1. The second kappa shape index (κ2) is 7.59. The molecule has 0 saturated carbocycles. The molecule has 1 amide bonds. The quantitative estimate of drug-likeness (QED) is 0.616. The largest absolute Gasteiger partial charge is 0.368 e. The number of aromatic nitrogens is 2. The summed E-state index contributed by atoms with van der Waals surface area (Å²) in [5, 5.41) is 4.72. The van der Waals surface area contributed by atoms with Gasteiger partial charge < -0.3 is 11.1 Å². The van der Waals surface area contributed by atoms with Gasteiger partial charge in [0.2, 0.25) is 5.91 Å². The van der Waals surface area contributed by atoms with Gasteiger partial charge in [-0.1, -0.05) is 11.6 Å². The number of hydrogen-bond donors (Lipinski definition) is 2. The maximum absolute atomic E-state index is 11.1. The van der Waals surface area contributed by atoms with Crippen LogP contribution in [0.4, 0.5) is 5.82 Å². The zero-order valence-corrected chi connectivity index (χ0v) is 16.2. The second-order valence-electron chi connectivity index (χ2n) is 5.51. The minimum atomic E-state index is -0.423. The number of anilines is 1. The number of nitrogens with one attached hydrogen (secondary N) is 1. The number of thiophene rings is 1. The van der Waals surface area contributed by atoms with Gasteiger partial charge in [-0.2, -0.15) is 0 Å². The number of rotatable bonds is 6. The third-order valence-electron chi connectivity index (χ3n) is 3.69. The minimum Gasteiger partial charge on any atom is -0.368 e. The summed E-state index contributed by atoms with van der Waals surface area (Å²) >= 11 is 9.18. The van der Waals surface area contributed by atoms with Crippen molar-refractivity contribution in [2.45, 2.75) is 24.5 Å². The van der Waals surface area contributed by atoms with Gasteiger partial charge in [0.25, 0.3) is 0 Å². The molecule has 1 aromatic carbocycles. The van der Waals surface area contributed by atoms with Crippen molar-refractivity contribution in [2.24, 2.45) is 5.73 Å². The fraction of sp³-hybridized carbons (Fsp3) is 0.235. The number of thioether (sulfide) groups is 1. The SMILES string of the molecule is Cc1sc2nc(CSc3ccc(Cl)cc3)nc(NCC(N)=O)c2c1C. The summed E-state index contributed by atoms with van der Waals surface area (Å²) in [5.41, 5.74) is 6.38. The Balaban J connectivity index is 1.89. The first-order valence-corrected chi connectivity index (χ1v) is 9.79. The summed E-state index contributed by atoms with van der Waals surface area (Å²) < 4.78 is 0. The Morgan fingerprint density at radius 2 is 2.00 bits per heavy atom. The van der Waals surface area contributed by atoms with E-state index in [0.717, 1.165) is 20.7 Å². The molecule has 8 heteroatoms. The van der Waals surface area contributed by atoms with Gasteiger partial charge in [-0.25, -0.2) is 9.97 Å². The molecule has 130 valence electrons. The van der Waals surface area contributed by atoms with Gasteiger partial charge in [-0.3, -0.25) is 4.79 Å². The summed E-state index contributed by atoms with van der Waals surface area (Å²) in [6, 6.07) is 7.66. The Hall–Kier alpha value is -1.83. The van der Waals surface area contributed by atoms with E-state index in [2.05, 4.69) is 22.2 Å².